The summed E-state index contributed by atoms with van der Waals surface area (Å²) in [7, 11) is 0. The van der Waals surface area contributed by atoms with Crippen molar-refractivity contribution in [3.8, 4) is 5.69 Å². The van der Waals surface area contributed by atoms with Crippen molar-refractivity contribution in [2.24, 2.45) is 0 Å². The number of fused-ring (bicyclic) bond motifs is 1. The van der Waals surface area contributed by atoms with Gasteiger partial charge in [-0.25, -0.2) is 4.98 Å². The first kappa shape index (κ1) is 23.4. The summed E-state index contributed by atoms with van der Waals surface area (Å²) >= 11 is 0. The number of carbonyl (C=O) groups is 1. The highest BCUT2D eigenvalue weighted by Gasteiger charge is 2.25. The molecular formula is C29H31N3O2. The molecule has 0 radical (unpaired) electrons. The summed E-state index contributed by atoms with van der Waals surface area (Å²) in [5.74, 6) is 0.620. The smallest absolute Gasteiger partial charge is 0.266 e. The molecule has 0 spiro atoms. The fourth-order valence-electron chi connectivity index (χ4n) is 4.39. The van der Waals surface area contributed by atoms with Gasteiger partial charge in [0, 0.05) is 13.0 Å². The zero-order valence-electron chi connectivity index (χ0n) is 20.3. The summed E-state index contributed by atoms with van der Waals surface area (Å²) in [5.41, 5.74) is 4.68. The number of rotatable bonds is 7. The van der Waals surface area contributed by atoms with Crippen molar-refractivity contribution in [3.05, 3.63) is 106 Å². The first-order chi connectivity index (χ1) is 16.4. The van der Waals surface area contributed by atoms with E-state index >= 15 is 0 Å². The molecule has 1 unspecified atom stereocenters. The lowest BCUT2D eigenvalue weighted by atomic mass is 10.1. The third-order valence-corrected chi connectivity index (χ3v) is 6.52. The molecule has 0 fully saturated rings. The van der Waals surface area contributed by atoms with Gasteiger partial charge in [0.15, 0.2) is 0 Å². The molecular weight excluding hydrogens is 422 g/mol. The minimum atomic E-state index is -0.368. The Morgan fingerprint density at radius 3 is 2.38 bits per heavy atom. The molecule has 0 saturated carbocycles. The number of aromatic nitrogens is 2. The van der Waals surface area contributed by atoms with Crippen molar-refractivity contribution in [2.45, 2.75) is 46.6 Å². The molecule has 5 nitrogen and oxygen atoms in total. The van der Waals surface area contributed by atoms with Gasteiger partial charge in [-0.3, -0.25) is 14.2 Å². The monoisotopic (exact) mass is 453 g/mol. The molecule has 5 heteroatoms. The van der Waals surface area contributed by atoms with Crippen molar-refractivity contribution < 1.29 is 4.79 Å². The third-order valence-electron chi connectivity index (χ3n) is 6.52. The predicted octanol–water partition coefficient (Wildman–Crippen LogP) is 5.54. The molecule has 0 bridgehead atoms. The molecule has 0 aliphatic heterocycles. The van der Waals surface area contributed by atoms with Crippen LogP contribution in [0.15, 0.2) is 77.6 Å². The van der Waals surface area contributed by atoms with E-state index in [1.54, 1.807) is 10.6 Å². The SMILES string of the molecule is CCN(C(=O)CCc1ccccc1)C(C)c1nc2ccccc2c(=O)n1-c1ccc(C)c(C)c1. The number of amides is 1. The minimum absolute atomic E-state index is 0.0490. The maximum atomic E-state index is 13.7. The highest BCUT2D eigenvalue weighted by molar-refractivity contribution is 5.79. The van der Waals surface area contributed by atoms with Gasteiger partial charge >= 0.3 is 0 Å². The van der Waals surface area contributed by atoms with Crippen LogP contribution in [-0.2, 0) is 11.2 Å². The van der Waals surface area contributed by atoms with Crippen LogP contribution in [0, 0.1) is 13.8 Å². The summed E-state index contributed by atoms with van der Waals surface area (Å²) < 4.78 is 1.67. The van der Waals surface area contributed by atoms with Gasteiger partial charge in [0.25, 0.3) is 5.56 Å². The Hall–Kier alpha value is -3.73. The Morgan fingerprint density at radius 1 is 0.971 bits per heavy atom. The number of benzene rings is 3. The second kappa shape index (κ2) is 10.0. The standard InChI is InChI=1S/C29H31N3O2/c1-5-31(27(33)18-16-23-11-7-6-8-12-23)22(4)28-30-26-14-10-9-13-25(26)29(34)32(28)24-17-15-20(2)21(3)19-24/h6-15,17,19,22H,5,16,18H2,1-4H3. The number of hydrogen-bond donors (Lipinski definition) is 0. The quantitative estimate of drug-likeness (QED) is 0.369. The van der Waals surface area contributed by atoms with E-state index in [0.29, 0.717) is 36.1 Å². The van der Waals surface area contributed by atoms with Crippen LogP contribution >= 0.6 is 0 Å². The number of nitrogens with zero attached hydrogens (tertiary/aromatic N) is 3. The molecule has 0 aliphatic rings. The second-order valence-electron chi connectivity index (χ2n) is 8.74. The van der Waals surface area contributed by atoms with E-state index in [9.17, 15) is 9.59 Å². The lowest BCUT2D eigenvalue weighted by molar-refractivity contribution is -0.133. The molecule has 1 aromatic heterocycles. The Morgan fingerprint density at radius 2 is 1.68 bits per heavy atom. The van der Waals surface area contributed by atoms with Gasteiger partial charge in [-0.1, -0.05) is 48.5 Å². The van der Waals surface area contributed by atoms with Crippen LogP contribution in [0.2, 0.25) is 0 Å². The van der Waals surface area contributed by atoms with Gasteiger partial charge in [0.2, 0.25) is 5.91 Å². The third kappa shape index (κ3) is 4.65. The van der Waals surface area contributed by atoms with Crippen LogP contribution in [0.5, 0.6) is 0 Å². The number of aryl methyl sites for hydroxylation is 3. The van der Waals surface area contributed by atoms with Crippen LogP contribution in [0.1, 0.15) is 48.8 Å². The molecule has 34 heavy (non-hydrogen) atoms. The summed E-state index contributed by atoms with van der Waals surface area (Å²) in [5, 5.41) is 0.565. The molecule has 4 aromatic rings. The van der Waals surface area contributed by atoms with E-state index in [1.165, 1.54) is 0 Å². The fourth-order valence-corrected chi connectivity index (χ4v) is 4.39. The van der Waals surface area contributed by atoms with Crippen LogP contribution in [0.25, 0.3) is 16.6 Å². The average Bonchev–Trinajstić information content (AvgIpc) is 2.85. The predicted molar refractivity (Wildman–Crippen MR) is 137 cm³/mol. The molecule has 1 atom stereocenters. The van der Waals surface area contributed by atoms with Crippen LogP contribution in [-0.4, -0.2) is 26.9 Å². The normalized spacial score (nSPS) is 12.0. The molecule has 1 amide bonds. The van der Waals surface area contributed by atoms with E-state index in [2.05, 4.69) is 0 Å². The lowest BCUT2D eigenvalue weighted by Crippen LogP contribution is -2.37. The first-order valence-electron chi connectivity index (χ1n) is 11.8. The van der Waals surface area contributed by atoms with Crippen LogP contribution in [0.4, 0.5) is 0 Å². The van der Waals surface area contributed by atoms with E-state index in [1.807, 2.05) is 99.3 Å². The highest BCUT2D eigenvalue weighted by Crippen LogP contribution is 2.24. The van der Waals surface area contributed by atoms with Gasteiger partial charge in [-0.05, 0) is 75.1 Å². The van der Waals surface area contributed by atoms with Crippen molar-refractivity contribution in [1.29, 1.82) is 0 Å². The summed E-state index contributed by atoms with van der Waals surface area (Å²) in [6, 6.07) is 23.0. The van der Waals surface area contributed by atoms with E-state index in [0.717, 1.165) is 22.4 Å². The van der Waals surface area contributed by atoms with Gasteiger partial charge in [-0.15, -0.1) is 0 Å². The summed E-state index contributed by atoms with van der Waals surface area (Å²) in [6.07, 6.45) is 1.08. The molecule has 0 aliphatic carbocycles. The first-order valence-corrected chi connectivity index (χ1v) is 11.8. The van der Waals surface area contributed by atoms with Crippen molar-refractivity contribution in [2.75, 3.05) is 6.54 Å². The molecule has 0 saturated heterocycles. The number of para-hydroxylation sites is 1. The summed E-state index contributed by atoms with van der Waals surface area (Å²) in [6.45, 7) is 8.54. The van der Waals surface area contributed by atoms with Crippen molar-refractivity contribution in [3.63, 3.8) is 0 Å². The molecule has 174 valence electrons. The summed E-state index contributed by atoms with van der Waals surface area (Å²) in [4.78, 5) is 33.6. The molecule has 4 rings (SSSR count). The Bertz CT molecular complexity index is 1380. The Kier molecular flexibility index (Phi) is 6.92. The zero-order chi connectivity index (χ0) is 24.2. The van der Waals surface area contributed by atoms with Crippen LogP contribution in [0.3, 0.4) is 0 Å². The van der Waals surface area contributed by atoms with Crippen molar-refractivity contribution in [1.82, 2.24) is 14.5 Å². The number of hydrogen-bond acceptors (Lipinski definition) is 3. The average molecular weight is 454 g/mol. The van der Waals surface area contributed by atoms with E-state index in [4.69, 9.17) is 4.98 Å². The van der Waals surface area contributed by atoms with E-state index in [-0.39, 0.29) is 17.5 Å². The molecule has 0 N–H and O–H groups in total. The van der Waals surface area contributed by atoms with Crippen LogP contribution < -0.4 is 5.56 Å². The maximum Gasteiger partial charge on any atom is 0.266 e. The van der Waals surface area contributed by atoms with Gasteiger partial charge in [-0.2, -0.15) is 0 Å². The highest BCUT2D eigenvalue weighted by atomic mass is 16.2. The van der Waals surface area contributed by atoms with Gasteiger partial charge in [0.1, 0.15) is 5.82 Å². The minimum Gasteiger partial charge on any atom is -0.333 e. The van der Waals surface area contributed by atoms with Crippen molar-refractivity contribution >= 4 is 16.8 Å². The second-order valence-corrected chi connectivity index (χ2v) is 8.74. The van der Waals surface area contributed by atoms with Gasteiger partial charge in [0.05, 0.1) is 22.6 Å². The number of carbonyl (C=O) groups excluding carboxylic acids is 1. The van der Waals surface area contributed by atoms with E-state index < -0.39 is 0 Å². The van der Waals surface area contributed by atoms with Gasteiger partial charge < -0.3 is 4.90 Å². The Balaban J connectivity index is 1.77. The fraction of sp³-hybridized carbons (Fsp3) is 0.276. The molecule has 3 aromatic carbocycles. The zero-order valence-corrected chi connectivity index (χ0v) is 20.3. The lowest BCUT2D eigenvalue weighted by Gasteiger charge is -2.30. The molecule has 1 heterocycles. The maximum absolute atomic E-state index is 13.7. The largest absolute Gasteiger partial charge is 0.333 e. The Labute approximate surface area is 200 Å². The topological polar surface area (TPSA) is 55.2 Å².